The third-order valence-corrected chi connectivity index (χ3v) is 6.86. The Labute approximate surface area is 189 Å². The van der Waals surface area contributed by atoms with Gasteiger partial charge < -0.3 is 14.2 Å². The van der Waals surface area contributed by atoms with E-state index in [4.69, 9.17) is 0 Å². The summed E-state index contributed by atoms with van der Waals surface area (Å²) in [5.41, 5.74) is 1.78. The molecule has 2 aliphatic heterocycles. The minimum Gasteiger partial charge on any atom is -0.338 e. The van der Waals surface area contributed by atoms with Gasteiger partial charge >= 0.3 is 6.18 Å². The van der Waals surface area contributed by atoms with Gasteiger partial charge in [-0.3, -0.25) is 9.59 Å². The molecule has 1 unspecified atom stereocenters. The van der Waals surface area contributed by atoms with Gasteiger partial charge in [-0.1, -0.05) is 6.07 Å². The van der Waals surface area contributed by atoms with Crippen molar-refractivity contribution in [2.75, 3.05) is 26.2 Å². The van der Waals surface area contributed by atoms with Crippen molar-refractivity contribution < 1.29 is 22.8 Å². The van der Waals surface area contributed by atoms with Crippen molar-refractivity contribution >= 4 is 17.3 Å². The van der Waals surface area contributed by atoms with Crippen molar-refractivity contribution in [1.82, 2.24) is 14.2 Å². The average Bonchev–Trinajstić information content (AvgIpc) is 3.50. The maximum Gasteiger partial charge on any atom is 0.416 e. The Morgan fingerprint density at radius 3 is 2.21 bits per heavy atom. The number of carbonyl (C=O) groups is 2. The van der Waals surface area contributed by atoms with Gasteiger partial charge in [0.05, 0.1) is 11.1 Å². The number of fused-ring (bicyclic) bond motifs is 1. The number of hydrogen-bond donors (Lipinski definition) is 0. The van der Waals surface area contributed by atoms with Gasteiger partial charge in [-0.2, -0.15) is 13.2 Å². The van der Waals surface area contributed by atoms with Gasteiger partial charge in [0.1, 0.15) is 0 Å². The van der Waals surface area contributed by atoms with E-state index < -0.39 is 17.6 Å². The molecule has 4 heterocycles. The SMILES string of the molecule is Cc1cc2ccc(C(=O)N3CCC4(CCN(C(=O)c5cccc(C(F)(F)F)c5)C4)C3)cn2c1. The molecular formula is C25H24F3N3O2. The summed E-state index contributed by atoms with van der Waals surface area (Å²) in [6.07, 6.45) is 0.837. The number of benzene rings is 1. The quantitative estimate of drug-likeness (QED) is 0.565. The van der Waals surface area contributed by atoms with Crippen molar-refractivity contribution in [3.8, 4) is 0 Å². The Kier molecular flexibility index (Phi) is 4.99. The van der Waals surface area contributed by atoms with Gasteiger partial charge in [-0.05, 0) is 61.7 Å². The Balaban J connectivity index is 1.28. The van der Waals surface area contributed by atoms with Crippen molar-refractivity contribution in [2.24, 2.45) is 5.41 Å². The first-order chi connectivity index (χ1) is 15.6. The van der Waals surface area contributed by atoms with E-state index in [0.29, 0.717) is 31.7 Å². The minimum atomic E-state index is -4.49. The van der Waals surface area contributed by atoms with Gasteiger partial charge in [-0.25, -0.2) is 0 Å². The highest BCUT2D eigenvalue weighted by Gasteiger charge is 2.46. The molecule has 1 aromatic carbocycles. The molecule has 5 nitrogen and oxygen atoms in total. The second-order valence-electron chi connectivity index (χ2n) is 9.30. The molecule has 2 aliphatic rings. The minimum absolute atomic E-state index is 0.0391. The number of aromatic nitrogens is 1. The lowest BCUT2D eigenvalue weighted by molar-refractivity contribution is -0.137. The molecule has 3 aromatic rings. The van der Waals surface area contributed by atoms with Crippen LogP contribution in [0.5, 0.6) is 0 Å². The van der Waals surface area contributed by atoms with E-state index in [1.807, 2.05) is 46.8 Å². The second kappa shape index (κ2) is 7.64. The molecule has 8 heteroatoms. The van der Waals surface area contributed by atoms with E-state index in [0.717, 1.165) is 36.1 Å². The van der Waals surface area contributed by atoms with Crippen LogP contribution < -0.4 is 0 Å². The summed E-state index contributed by atoms with van der Waals surface area (Å²) >= 11 is 0. The van der Waals surface area contributed by atoms with E-state index in [9.17, 15) is 22.8 Å². The molecule has 1 spiro atoms. The average molecular weight is 455 g/mol. The molecule has 0 aliphatic carbocycles. The second-order valence-corrected chi connectivity index (χ2v) is 9.30. The highest BCUT2D eigenvalue weighted by molar-refractivity contribution is 5.95. The van der Waals surface area contributed by atoms with Gasteiger partial charge in [-0.15, -0.1) is 0 Å². The number of likely N-dealkylation sites (tertiary alicyclic amines) is 2. The number of pyridine rings is 1. The third-order valence-electron chi connectivity index (χ3n) is 6.86. The van der Waals surface area contributed by atoms with E-state index in [2.05, 4.69) is 0 Å². The first-order valence-electron chi connectivity index (χ1n) is 11.0. The van der Waals surface area contributed by atoms with Crippen molar-refractivity contribution in [1.29, 1.82) is 0 Å². The van der Waals surface area contributed by atoms with Crippen LogP contribution in [0.25, 0.3) is 5.52 Å². The van der Waals surface area contributed by atoms with Crippen LogP contribution in [0.2, 0.25) is 0 Å². The lowest BCUT2D eigenvalue weighted by atomic mass is 9.86. The topological polar surface area (TPSA) is 45.0 Å². The van der Waals surface area contributed by atoms with Crippen LogP contribution in [0, 0.1) is 12.3 Å². The largest absolute Gasteiger partial charge is 0.416 e. The lowest BCUT2D eigenvalue weighted by Gasteiger charge is -2.25. The zero-order valence-corrected chi connectivity index (χ0v) is 18.2. The number of rotatable bonds is 2. The molecule has 0 N–H and O–H groups in total. The van der Waals surface area contributed by atoms with Crippen LogP contribution in [0.1, 0.15) is 44.7 Å². The molecule has 0 bridgehead atoms. The van der Waals surface area contributed by atoms with Gasteiger partial charge in [0.2, 0.25) is 0 Å². The molecule has 5 rings (SSSR count). The molecule has 1 atom stereocenters. The van der Waals surface area contributed by atoms with Crippen LogP contribution in [0.15, 0.2) is 54.9 Å². The molecule has 0 saturated carbocycles. The summed E-state index contributed by atoms with van der Waals surface area (Å²) in [5, 5.41) is 0. The van der Waals surface area contributed by atoms with E-state index in [1.54, 1.807) is 4.90 Å². The predicted octanol–water partition coefficient (Wildman–Crippen LogP) is 4.64. The zero-order valence-electron chi connectivity index (χ0n) is 18.2. The normalized spacial score (nSPS) is 20.8. The number of carbonyl (C=O) groups excluding carboxylic acids is 2. The number of aryl methyl sites for hydroxylation is 1. The number of amides is 2. The van der Waals surface area contributed by atoms with Crippen molar-refractivity contribution in [3.05, 3.63) is 77.1 Å². The number of halogens is 3. The van der Waals surface area contributed by atoms with Crippen LogP contribution in [-0.4, -0.2) is 52.2 Å². The standard InChI is InChI=1S/C25H24F3N3O2/c1-17-11-21-6-5-19(14-31(21)13-17)23(33)30-10-8-24(16-30)7-9-29(15-24)22(32)18-3-2-4-20(12-18)25(26,27)28/h2-6,11-14H,7-10,15-16H2,1H3. The Bertz CT molecular complexity index is 1250. The first-order valence-corrected chi connectivity index (χ1v) is 11.0. The lowest BCUT2D eigenvalue weighted by Crippen LogP contribution is -2.35. The highest BCUT2D eigenvalue weighted by atomic mass is 19.4. The molecule has 2 amide bonds. The van der Waals surface area contributed by atoms with Crippen LogP contribution in [0.4, 0.5) is 13.2 Å². The van der Waals surface area contributed by atoms with E-state index >= 15 is 0 Å². The van der Waals surface area contributed by atoms with Gasteiger partial charge in [0.25, 0.3) is 11.8 Å². The number of hydrogen-bond acceptors (Lipinski definition) is 2. The Hall–Kier alpha value is -3.29. The number of alkyl halides is 3. The molecular weight excluding hydrogens is 431 g/mol. The molecule has 2 saturated heterocycles. The maximum absolute atomic E-state index is 13.1. The summed E-state index contributed by atoms with van der Waals surface area (Å²) in [4.78, 5) is 29.5. The fourth-order valence-electron chi connectivity index (χ4n) is 5.12. The summed E-state index contributed by atoms with van der Waals surface area (Å²) in [6, 6.07) is 10.4. The van der Waals surface area contributed by atoms with E-state index in [1.165, 1.54) is 12.1 Å². The van der Waals surface area contributed by atoms with Crippen molar-refractivity contribution in [2.45, 2.75) is 25.9 Å². The maximum atomic E-state index is 13.1. The third kappa shape index (κ3) is 3.98. The summed E-state index contributed by atoms with van der Waals surface area (Å²) in [7, 11) is 0. The summed E-state index contributed by atoms with van der Waals surface area (Å²) in [6.45, 7) is 4.08. The summed E-state index contributed by atoms with van der Waals surface area (Å²) < 4.78 is 41.0. The Morgan fingerprint density at radius 1 is 0.879 bits per heavy atom. The molecule has 2 aromatic heterocycles. The summed E-state index contributed by atoms with van der Waals surface area (Å²) in [5.74, 6) is -0.432. The van der Waals surface area contributed by atoms with Crippen LogP contribution >= 0.6 is 0 Å². The van der Waals surface area contributed by atoms with Gasteiger partial charge in [0, 0.05) is 55.1 Å². The monoisotopic (exact) mass is 455 g/mol. The van der Waals surface area contributed by atoms with E-state index in [-0.39, 0.29) is 16.9 Å². The smallest absolute Gasteiger partial charge is 0.338 e. The van der Waals surface area contributed by atoms with Crippen molar-refractivity contribution in [3.63, 3.8) is 0 Å². The molecule has 2 fully saturated rings. The van der Waals surface area contributed by atoms with Gasteiger partial charge in [0.15, 0.2) is 0 Å². The zero-order chi connectivity index (χ0) is 23.4. The van der Waals surface area contributed by atoms with Crippen LogP contribution in [-0.2, 0) is 6.18 Å². The fraction of sp³-hybridized carbons (Fsp3) is 0.360. The predicted molar refractivity (Wildman–Crippen MR) is 117 cm³/mol. The number of nitrogens with zero attached hydrogens (tertiary/aromatic N) is 3. The Morgan fingerprint density at radius 2 is 1.55 bits per heavy atom. The van der Waals surface area contributed by atoms with Crippen LogP contribution in [0.3, 0.4) is 0 Å². The molecule has 172 valence electrons. The molecule has 0 radical (unpaired) electrons. The highest BCUT2D eigenvalue weighted by Crippen LogP contribution is 2.40. The molecule has 33 heavy (non-hydrogen) atoms. The fourth-order valence-corrected chi connectivity index (χ4v) is 5.12. The first kappa shape index (κ1) is 21.6.